The van der Waals surface area contributed by atoms with Crippen LogP contribution in [-0.2, 0) is 4.74 Å². The van der Waals surface area contributed by atoms with E-state index in [1.54, 1.807) is 0 Å². The zero-order valence-electron chi connectivity index (χ0n) is 10.4. The molecule has 1 amide bonds. The fraction of sp³-hybridized carbons (Fsp3) is 0.909. The SMILES string of the molecule is CCCN1CCC(NC(=O)OCC(F)(F)F)CC1. The number of alkyl halides is 3. The topological polar surface area (TPSA) is 41.6 Å². The molecule has 1 rings (SSSR count). The van der Waals surface area contributed by atoms with Crippen molar-refractivity contribution < 1.29 is 22.7 Å². The largest absolute Gasteiger partial charge is 0.440 e. The lowest BCUT2D eigenvalue weighted by molar-refractivity contribution is -0.160. The Kier molecular flexibility index (Phi) is 5.71. The zero-order valence-corrected chi connectivity index (χ0v) is 10.4. The van der Waals surface area contributed by atoms with E-state index in [9.17, 15) is 18.0 Å². The van der Waals surface area contributed by atoms with Gasteiger partial charge in [-0.2, -0.15) is 13.2 Å². The number of carbonyl (C=O) groups excluding carboxylic acids is 1. The van der Waals surface area contributed by atoms with Gasteiger partial charge in [0, 0.05) is 19.1 Å². The minimum Gasteiger partial charge on any atom is -0.440 e. The Bertz CT molecular complexity index is 264. The second kappa shape index (κ2) is 6.82. The number of ether oxygens (including phenoxy) is 1. The first-order chi connectivity index (χ1) is 8.40. The summed E-state index contributed by atoms with van der Waals surface area (Å²) in [6.45, 7) is 3.30. The number of amides is 1. The van der Waals surface area contributed by atoms with Crippen LogP contribution in [0.2, 0.25) is 0 Å². The molecule has 0 spiro atoms. The summed E-state index contributed by atoms with van der Waals surface area (Å²) in [6, 6.07) is -0.0844. The van der Waals surface area contributed by atoms with Crippen molar-refractivity contribution in [2.45, 2.75) is 38.4 Å². The van der Waals surface area contributed by atoms with Crippen molar-refractivity contribution in [2.24, 2.45) is 0 Å². The number of nitrogens with one attached hydrogen (secondary N) is 1. The Morgan fingerprint density at radius 2 is 2.00 bits per heavy atom. The predicted octanol–water partition coefficient (Wildman–Crippen LogP) is 2.15. The third kappa shape index (κ3) is 6.09. The summed E-state index contributed by atoms with van der Waals surface area (Å²) in [5.41, 5.74) is 0. The van der Waals surface area contributed by atoms with E-state index in [1.165, 1.54) is 0 Å². The number of carbonyl (C=O) groups is 1. The van der Waals surface area contributed by atoms with E-state index in [4.69, 9.17) is 0 Å². The Morgan fingerprint density at radius 1 is 1.39 bits per heavy atom. The Morgan fingerprint density at radius 3 is 2.50 bits per heavy atom. The van der Waals surface area contributed by atoms with Gasteiger partial charge in [0.25, 0.3) is 0 Å². The van der Waals surface area contributed by atoms with Gasteiger partial charge in [-0.1, -0.05) is 6.92 Å². The van der Waals surface area contributed by atoms with Gasteiger partial charge in [-0.15, -0.1) is 0 Å². The number of piperidine rings is 1. The van der Waals surface area contributed by atoms with E-state index in [0.717, 1.165) is 38.9 Å². The van der Waals surface area contributed by atoms with Crippen LogP contribution in [0.25, 0.3) is 0 Å². The summed E-state index contributed by atoms with van der Waals surface area (Å²) < 4.78 is 39.6. The quantitative estimate of drug-likeness (QED) is 0.849. The van der Waals surface area contributed by atoms with Gasteiger partial charge in [0.05, 0.1) is 0 Å². The molecule has 0 aromatic rings. The standard InChI is InChI=1S/C11H19F3N2O2/c1-2-5-16-6-3-9(4-7-16)15-10(17)18-8-11(12,13)14/h9H,2-8H2,1H3,(H,15,17). The zero-order chi connectivity index (χ0) is 13.6. The highest BCUT2D eigenvalue weighted by atomic mass is 19.4. The molecule has 0 aliphatic carbocycles. The average Bonchev–Trinajstić information content (AvgIpc) is 2.29. The van der Waals surface area contributed by atoms with Crippen LogP contribution in [0.15, 0.2) is 0 Å². The summed E-state index contributed by atoms with van der Waals surface area (Å²) in [5, 5.41) is 2.47. The lowest BCUT2D eigenvalue weighted by Crippen LogP contribution is -2.45. The molecule has 0 unspecified atom stereocenters. The first-order valence-corrected chi connectivity index (χ1v) is 6.13. The van der Waals surface area contributed by atoms with E-state index in [0.29, 0.717) is 0 Å². The number of nitrogens with zero attached hydrogens (tertiary/aromatic N) is 1. The van der Waals surface area contributed by atoms with E-state index in [1.807, 2.05) is 0 Å². The number of rotatable bonds is 4. The van der Waals surface area contributed by atoms with Gasteiger partial charge in [-0.05, 0) is 25.8 Å². The first-order valence-electron chi connectivity index (χ1n) is 6.13. The molecular weight excluding hydrogens is 249 g/mol. The van der Waals surface area contributed by atoms with Gasteiger partial charge in [-0.3, -0.25) is 0 Å². The molecule has 1 heterocycles. The fourth-order valence-corrected chi connectivity index (χ4v) is 1.97. The Labute approximate surface area is 104 Å². The molecule has 1 N–H and O–H groups in total. The van der Waals surface area contributed by atoms with Crippen LogP contribution in [-0.4, -0.2) is 49.5 Å². The Balaban J connectivity index is 2.18. The van der Waals surface area contributed by atoms with Crippen LogP contribution in [0.5, 0.6) is 0 Å². The van der Waals surface area contributed by atoms with Gasteiger partial charge < -0.3 is 15.0 Å². The van der Waals surface area contributed by atoms with E-state index < -0.39 is 18.9 Å². The molecule has 0 aromatic heterocycles. The predicted molar refractivity (Wildman–Crippen MR) is 60.3 cm³/mol. The molecular formula is C11H19F3N2O2. The smallest absolute Gasteiger partial charge is 0.422 e. The van der Waals surface area contributed by atoms with Gasteiger partial charge in [-0.25, -0.2) is 4.79 Å². The maximum absolute atomic E-state index is 11.8. The maximum Gasteiger partial charge on any atom is 0.422 e. The van der Waals surface area contributed by atoms with E-state index in [2.05, 4.69) is 21.9 Å². The summed E-state index contributed by atoms with van der Waals surface area (Å²) in [5.74, 6) is 0. The lowest BCUT2D eigenvalue weighted by atomic mass is 10.1. The molecule has 0 saturated carbocycles. The molecule has 18 heavy (non-hydrogen) atoms. The van der Waals surface area contributed by atoms with E-state index in [-0.39, 0.29) is 6.04 Å². The summed E-state index contributed by atoms with van der Waals surface area (Å²) in [6.07, 6.45) is -2.88. The van der Waals surface area contributed by atoms with Gasteiger partial charge in [0.2, 0.25) is 0 Å². The molecule has 1 saturated heterocycles. The second-order valence-electron chi connectivity index (χ2n) is 4.45. The first kappa shape index (κ1) is 15.1. The molecule has 1 fully saturated rings. The maximum atomic E-state index is 11.8. The molecule has 1 aliphatic heterocycles. The average molecular weight is 268 g/mol. The van der Waals surface area contributed by atoms with Crippen molar-refractivity contribution in [1.82, 2.24) is 10.2 Å². The normalized spacial score (nSPS) is 18.7. The molecule has 0 aromatic carbocycles. The van der Waals surface area contributed by atoms with Crippen molar-refractivity contribution in [1.29, 1.82) is 0 Å². The molecule has 4 nitrogen and oxygen atoms in total. The minimum atomic E-state index is -4.47. The highest BCUT2D eigenvalue weighted by Crippen LogP contribution is 2.15. The molecule has 106 valence electrons. The fourth-order valence-electron chi connectivity index (χ4n) is 1.97. The Hall–Kier alpha value is -0.980. The second-order valence-corrected chi connectivity index (χ2v) is 4.45. The summed E-state index contributed by atoms with van der Waals surface area (Å²) >= 11 is 0. The molecule has 0 atom stereocenters. The number of halogens is 3. The number of hydrogen-bond donors (Lipinski definition) is 1. The van der Waals surface area contributed by atoms with E-state index >= 15 is 0 Å². The van der Waals surface area contributed by atoms with Gasteiger partial charge in [0.15, 0.2) is 6.61 Å². The van der Waals surface area contributed by atoms with Crippen LogP contribution in [0, 0.1) is 0 Å². The van der Waals surface area contributed by atoms with Crippen molar-refractivity contribution in [3.8, 4) is 0 Å². The number of hydrogen-bond acceptors (Lipinski definition) is 3. The van der Waals surface area contributed by atoms with Crippen molar-refractivity contribution >= 4 is 6.09 Å². The number of alkyl carbamates (subject to hydrolysis) is 1. The molecule has 7 heteroatoms. The van der Waals surface area contributed by atoms with Crippen LogP contribution < -0.4 is 5.32 Å². The van der Waals surface area contributed by atoms with Crippen LogP contribution in [0.1, 0.15) is 26.2 Å². The summed E-state index contributed by atoms with van der Waals surface area (Å²) in [7, 11) is 0. The van der Waals surface area contributed by atoms with Crippen molar-refractivity contribution in [2.75, 3.05) is 26.2 Å². The van der Waals surface area contributed by atoms with Crippen LogP contribution in [0.3, 0.4) is 0 Å². The highest BCUT2D eigenvalue weighted by molar-refractivity contribution is 5.67. The van der Waals surface area contributed by atoms with Crippen LogP contribution in [0.4, 0.5) is 18.0 Å². The lowest BCUT2D eigenvalue weighted by Gasteiger charge is -2.31. The third-order valence-corrected chi connectivity index (χ3v) is 2.82. The summed E-state index contributed by atoms with van der Waals surface area (Å²) in [4.78, 5) is 13.4. The van der Waals surface area contributed by atoms with Crippen molar-refractivity contribution in [3.05, 3.63) is 0 Å². The van der Waals surface area contributed by atoms with Crippen LogP contribution >= 0.6 is 0 Å². The number of likely N-dealkylation sites (tertiary alicyclic amines) is 1. The monoisotopic (exact) mass is 268 g/mol. The van der Waals surface area contributed by atoms with Crippen molar-refractivity contribution in [3.63, 3.8) is 0 Å². The third-order valence-electron chi connectivity index (χ3n) is 2.82. The van der Waals surface area contributed by atoms with Gasteiger partial charge in [0.1, 0.15) is 0 Å². The highest BCUT2D eigenvalue weighted by Gasteiger charge is 2.30. The minimum absolute atomic E-state index is 0.0844. The molecule has 1 aliphatic rings. The molecule has 0 bridgehead atoms. The van der Waals surface area contributed by atoms with Gasteiger partial charge >= 0.3 is 12.3 Å². The molecule has 0 radical (unpaired) electrons.